The lowest BCUT2D eigenvalue weighted by molar-refractivity contribution is -0.145. The number of hydrazone groups is 1. The molecule has 0 aromatic heterocycles. The summed E-state index contributed by atoms with van der Waals surface area (Å²) in [6.45, 7) is 3.37. The van der Waals surface area contributed by atoms with Crippen LogP contribution in [0.4, 0.5) is 0 Å². The van der Waals surface area contributed by atoms with Gasteiger partial charge in [0, 0.05) is 4.47 Å². The van der Waals surface area contributed by atoms with Crippen LogP contribution >= 0.6 is 15.9 Å². The summed E-state index contributed by atoms with van der Waals surface area (Å²) in [4.78, 5) is 35.8. The van der Waals surface area contributed by atoms with Gasteiger partial charge in [-0.2, -0.15) is 5.10 Å². The van der Waals surface area contributed by atoms with E-state index in [0.29, 0.717) is 21.3 Å². The van der Waals surface area contributed by atoms with Gasteiger partial charge in [-0.15, -0.1) is 0 Å². The van der Waals surface area contributed by atoms with E-state index in [1.54, 1.807) is 62.4 Å². The van der Waals surface area contributed by atoms with Crippen molar-refractivity contribution in [1.82, 2.24) is 10.7 Å². The summed E-state index contributed by atoms with van der Waals surface area (Å²) in [6, 6.07) is 13.0. The lowest BCUT2D eigenvalue weighted by atomic mass is 10.2. The Morgan fingerprint density at radius 3 is 2.67 bits per heavy atom. The van der Waals surface area contributed by atoms with Gasteiger partial charge in [-0.25, -0.2) is 10.2 Å². The third-order valence-electron chi connectivity index (χ3n) is 3.77. The highest BCUT2D eigenvalue weighted by Crippen LogP contribution is 2.15. The zero-order valence-electron chi connectivity index (χ0n) is 16.6. The molecule has 0 radical (unpaired) electrons. The number of hydrogen-bond acceptors (Lipinski definition) is 6. The first-order valence-electron chi connectivity index (χ1n) is 9.17. The van der Waals surface area contributed by atoms with E-state index < -0.39 is 17.9 Å². The molecule has 2 rings (SSSR count). The minimum absolute atomic E-state index is 0.195. The third kappa shape index (κ3) is 7.32. The van der Waals surface area contributed by atoms with E-state index in [2.05, 4.69) is 31.8 Å². The van der Waals surface area contributed by atoms with E-state index in [1.807, 2.05) is 0 Å². The van der Waals surface area contributed by atoms with E-state index in [0.717, 1.165) is 0 Å². The molecule has 1 atom stereocenters. The molecule has 0 fully saturated rings. The van der Waals surface area contributed by atoms with Crippen LogP contribution in [0.1, 0.15) is 29.8 Å². The second-order valence-electron chi connectivity index (χ2n) is 6.08. The smallest absolute Gasteiger partial charge is 0.344 e. The van der Waals surface area contributed by atoms with Crippen molar-refractivity contribution >= 4 is 39.9 Å². The lowest BCUT2D eigenvalue weighted by Gasteiger charge is -2.12. The second kappa shape index (κ2) is 11.7. The van der Waals surface area contributed by atoms with Crippen molar-refractivity contribution in [3.05, 3.63) is 64.1 Å². The Hall–Kier alpha value is -3.20. The van der Waals surface area contributed by atoms with Crippen LogP contribution in [0, 0.1) is 0 Å². The van der Waals surface area contributed by atoms with E-state index in [-0.39, 0.29) is 19.1 Å². The van der Waals surface area contributed by atoms with Crippen molar-refractivity contribution < 1.29 is 23.9 Å². The average molecular weight is 476 g/mol. The number of rotatable bonds is 9. The molecule has 2 aromatic carbocycles. The molecule has 0 aliphatic heterocycles. The van der Waals surface area contributed by atoms with Gasteiger partial charge >= 0.3 is 5.97 Å². The molecule has 0 aliphatic rings. The summed E-state index contributed by atoms with van der Waals surface area (Å²) in [5, 5.41) is 6.51. The molecule has 0 aliphatic carbocycles. The van der Waals surface area contributed by atoms with Crippen LogP contribution < -0.4 is 15.5 Å². The number of amides is 2. The first-order chi connectivity index (χ1) is 14.4. The van der Waals surface area contributed by atoms with E-state index in [9.17, 15) is 14.4 Å². The Kier molecular flexibility index (Phi) is 9.02. The molecule has 0 bridgehead atoms. The number of carbonyl (C=O) groups is 3. The van der Waals surface area contributed by atoms with Gasteiger partial charge in [-0.3, -0.25) is 9.59 Å². The monoisotopic (exact) mass is 475 g/mol. The summed E-state index contributed by atoms with van der Waals surface area (Å²) in [5.41, 5.74) is 3.46. The molecule has 8 nitrogen and oxygen atoms in total. The molecule has 0 heterocycles. The molecule has 0 saturated heterocycles. The van der Waals surface area contributed by atoms with Gasteiger partial charge in [0.25, 0.3) is 11.8 Å². The predicted molar refractivity (Wildman–Crippen MR) is 115 cm³/mol. The number of nitrogens with one attached hydrogen (secondary N) is 2. The largest absolute Gasteiger partial charge is 0.482 e. The summed E-state index contributed by atoms with van der Waals surface area (Å²) in [7, 11) is 0. The van der Waals surface area contributed by atoms with Gasteiger partial charge in [0.1, 0.15) is 11.8 Å². The number of benzene rings is 2. The van der Waals surface area contributed by atoms with E-state index in [1.165, 1.54) is 6.21 Å². The lowest BCUT2D eigenvalue weighted by Crippen LogP contribution is -2.43. The fourth-order valence-corrected chi connectivity index (χ4v) is 2.75. The Labute approximate surface area is 182 Å². The van der Waals surface area contributed by atoms with Crippen LogP contribution in [0.3, 0.4) is 0 Å². The standard InChI is InChI=1S/C21H22BrN3O5/c1-3-29-19(26)13-30-16-8-6-7-15(11-16)12-23-25-20(27)14(2)24-21(28)17-9-4-5-10-18(17)22/h4-12,14H,3,13H2,1-2H3,(H,24,28)(H,25,27). The summed E-state index contributed by atoms with van der Waals surface area (Å²) in [5.74, 6) is -0.836. The molecule has 0 spiro atoms. The molecule has 30 heavy (non-hydrogen) atoms. The number of hydrogen-bond donors (Lipinski definition) is 2. The average Bonchev–Trinajstić information content (AvgIpc) is 2.73. The maximum Gasteiger partial charge on any atom is 0.344 e. The highest BCUT2D eigenvalue weighted by atomic mass is 79.9. The number of ether oxygens (including phenoxy) is 2. The molecule has 2 N–H and O–H groups in total. The molecule has 0 saturated carbocycles. The van der Waals surface area contributed by atoms with Crippen molar-refractivity contribution in [2.24, 2.45) is 5.10 Å². The Morgan fingerprint density at radius 2 is 1.93 bits per heavy atom. The van der Waals surface area contributed by atoms with E-state index >= 15 is 0 Å². The van der Waals surface area contributed by atoms with Crippen LogP contribution in [0.5, 0.6) is 5.75 Å². The zero-order valence-corrected chi connectivity index (χ0v) is 18.1. The first-order valence-corrected chi connectivity index (χ1v) is 9.96. The quantitative estimate of drug-likeness (QED) is 0.329. The van der Waals surface area contributed by atoms with Gasteiger partial charge in [-0.1, -0.05) is 24.3 Å². The van der Waals surface area contributed by atoms with E-state index in [4.69, 9.17) is 9.47 Å². The molecule has 9 heteroatoms. The van der Waals surface area contributed by atoms with Crippen molar-refractivity contribution in [3.8, 4) is 5.75 Å². The molecule has 158 valence electrons. The number of esters is 1. The molecular formula is C21H22BrN3O5. The first kappa shape index (κ1) is 23.1. The number of halogens is 1. The van der Waals surface area contributed by atoms with Crippen molar-refractivity contribution in [2.75, 3.05) is 13.2 Å². The van der Waals surface area contributed by atoms with Gasteiger partial charge in [0.05, 0.1) is 18.4 Å². The van der Waals surface area contributed by atoms with Gasteiger partial charge in [0.2, 0.25) is 0 Å². The fraction of sp³-hybridized carbons (Fsp3) is 0.238. The van der Waals surface area contributed by atoms with Crippen LogP contribution in [-0.2, 0) is 14.3 Å². The summed E-state index contributed by atoms with van der Waals surface area (Å²) < 4.78 is 10.8. The molecule has 1 unspecified atom stereocenters. The molecular weight excluding hydrogens is 454 g/mol. The molecule has 2 amide bonds. The SMILES string of the molecule is CCOC(=O)COc1cccc(C=NNC(=O)C(C)NC(=O)c2ccccc2Br)c1. The van der Waals surface area contributed by atoms with Gasteiger partial charge in [0.15, 0.2) is 6.61 Å². The Balaban J connectivity index is 1.86. The minimum Gasteiger partial charge on any atom is -0.482 e. The highest BCUT2D eigenvalue weighted by Gasteiger charge is 2.17. The normalized spacial score (nSPS) is 11.6. The topological polar surface area (TPSA) is 106 Å². The van der Waals surface area contributed by atoms with Crippen LogP contribution in [-0.4, -0.2) is 43.3 Å². The second-order valence-corrected chi connectivity index (χ2v) is 6.93. The van der Waals surface area contributed by atoms with Crippen molar-refractivity contribution in [1.29, 1.82) is 0 Å². The van der Waals surface area contributed by atoms with Crippen LogP contribution in [0.2, 0.25) is 0 Å². The summed E-state index contributed by atoms with van der Waals surface area (Å²) >= 11 is 3.30. The summed E-state index contributed by atoms with van der Waals surface area (Å²) in [6.07, 6.45) is 1.43. The number of nitrogens with zero attached hydrogens (tertiary/aromatic N) is 1. The minimum atomic E-state index is -0.791. The van der Waals surface area contributed by atoms with Crippen LogP contribution in [0.15, 0.2) is 58.1 Å². The van der Waals surface area contributed by atoms with Gasteiger partial charge in [-0.05, 0) is 59.6 Å². The maximum atomic E-state index is 12.3. The zero-order chi connectivity index (χ0) is 21.9. The third-order valence-corrected chi connectivity index (χ3v) is 4.46. The predicted octanol–water partition coefficient (Wildman–Crippen LogP) is 2.66. The molecule has 2 aromatic rings. The van der Waals surface area contributed by atoms with Crippen molar-refractivity contribution in [2.45, 2.75) is 19.9 Å². The maximum absolute atomic E-state index is 12.3. The van der Waals surface area contributed by atoms with Crippen molar-refractivity contribution in [3.63, 3.8) is 0 Å². The number of carbonyl (C=O) groups excluding carboxylic acids is 3. The van der Waals surface area contributed by atoms with Crippen LogP contribution in [0.25, 0.3) is 0 Å². The Bertz CT molecular complexity index is 932. The fourth-order valence-electron chi connectivity index (χ4n) is 2.28. The van der Waals surface area contributed by atoms with Gasteiger partial charge < -0.3 is 14.8 Å². The highest BCUT2D eigenvalue weighted by molar-refractivity contribution is 9.10. The Morgan fingerprint density at radius 1 is 1.17 bits per heavy atom.